The van der Waals surface area contributed by atoms with Gasteiger partial charge in [-0.2, -0.15) is 0 Å². The van der Waals surface area contributed by atoms with Crippen LogP contribution < -0.4 is 4.74 Å². The number of hydrogen-bond acceptors (Lipinski definition) is 2. The molecule has 19 heavy (non-hydrogen) atoms. The van der Waals surface area contributed by atoms with E-state index >= 15 is 0 Å². The molecule has 0 N–H and O–H groups in total. The van der Waals surface area contributed by atoms with E-state index in [9.17, 15) is 9.18 Å². The van der Waals surface area contributed by atoms with Crippen molar-refractivity contribution >= 4 is 33.3 Å². The molecule has 0 spiro atoms. The molecule has 98 valence electrons. The summed E-state index contributed by atoms with van der Waals surface area (Å²) in [4.78, 5) is 12.3. The average molecular weight is 344 g/mol. The molecule has 0 atom stereocenters. The lowest BCUT2D eigenvalue weighted by molar-refractivity contribution is 0.103. The molecule has 0 amide bonds. The van der Waals surface area contributed by atoms with E-state index in [0.717, 1.165) is 0 Å². The first-order valence-electron chi connectivity index (χ1n) is 5.37. The molecule has 0 heterocycles. The van der Waals surface area contributed by atoms with E-state index in [2.05, 4.69) is 15.9 Å². The average Bonchev–Trinajstić information content (AvgIpc) is 2.41. The largest absolute Gasteiger partial charge is 0.497 e. The van der Waals surface area contributed by atoms with E-state index in [-0.39, 0.29) is 20.8 Å². The van der Waals surface area contributed by atoms with Gasteiger partial charge in [0.1, 0.15) is 11.6 Å². The maximum Gasteiger partial charge on any atom is 0.195 e. The van der Waals surface area contributed by atoms with Gasteiger partial charge in [0.15, 0.2) is 5.78 Å². The predicted molar refractivity (Wildman–Crippen MR) is 75.5 cm³/mol. The van der Waals surface area contributed by atoms with Crippen LogP contribution in [0.4, 0.5) is 4.39 Å². The maximum atomic E-state index is 13.4. The molecular weight excluding hydrogens is 335 g/mol. The minimum absolute atomic E-state index is 0.131. The number of methoxy groups -OCH3 is 1. The van der Waals surface area contributed by atoms with Crippen molar-refractivity contribution in [3.63, 3.8) is 0 Å². The van der Waals surface area contributed by atoms with Gasteiger partial charge in [0.2, 0.25) is 0 Å². The quantitative estimate of drug-likeness (QED) is 0.768. The molecule has 2 rings (SSSR count). The second-order valence-corrected chi connectivity index (χ2v) is 4.98. The van der Waals surface area contributed by atoms with Gasteiger partial charge < -0.3 is 4.74 Å². The lowest BCUT2D eigenvalue weighted by Gasteiger charge is -2.08. The first kappa shape index (κ1) is 14.0. The summed E-state index contributed by atoms with van der Waals surface area (Å²) in [5, 5.41) is 0.264. The topological polar surface area (TPSA) is 26.3 Å². The summed E-state index contributed by atoms with van der Waals surface area (Å²) in [6.07, 6.45) is 0. The maximum absolute atomic E-state index is 13.4. The highest BCUT2D eigenvalue weighted by molar-refractivity contribution is 9.10. The van der Waals surface area contributed by atoms with Crippen LogP contribution in [0.2, 0.25) is 5.02 Å². The Morgan fingerprint density at radius 2 is 2.00 bits per heavy atom. The third-order valence-electron chi connectivity index (χ3n) is 2.62. The zero-order valence-electron chi connectivity index (χ0n) is 9.91. The third kappa shape index (κ3) is 2.80. The van der Waals surface area contributed by atoms with Crippen molar-refractivity contribution in [1.29, 1.82) is 0 Å². The highest BCUT2D eigenvalue weighted by Crippen LogP contribution is 2.28. The van der Waals surface area contributed by atoms with E-state index in [0.29, 0.717) is 11.3 Å². The molecular formula is C14H9BrClFO2. The summed E-state index contributed by atoms with van der Waals surface area (Å²) in [6, 6.07) is 9.02. The van der Waals surface area contributed by atoms with E-state index in [1.165, 1.54) is 25.3 Å². The summed E-state index contributed by atoms with van der Waals surface area (Å²) < 4.78 is 18.6. The molecule has 0 aliphatic rings. The Kier molecular flexibility index (Phi) is 4.22. The molecule has 5 heteroatoms. The SMILES string of the molecule is COc1ccc(C(=O)c2cccc(F)c2Br)c(Cl)c1. The molecule has 0 aliphatic heterocycles. The van der Waals surface area contributed by atoms with Gasteiger partial charge in [-0.25, -0.2) is 4.39 Å². The van der Waals surface area contributed by atoms with Crippen LogP contribution >= 0.6 is 27.5 Å². The van der Waals surface area contributed by atoms with E-state index in [1.54, 1.807) is 18.2 Å². The van der Waals surface area contributed by atoms with Gasteiger partial charge in [0.05, 0.1) is 16.6 Å². The Bertz CT molecular complexity index is 643. The summed E-state index contributed by atoms with van der Waals surface area (Å²) in [5.74, 6) is -0.283. The number of rotatable bonds is 3. The van der Waals surface area contributed by atoms with E-state index in [4.69, 9.17) is 16.3 Å². The fourth-order valence-electron chi connectivity index (χ4n) is 1.63. The van der Waals surface area contributed by atoms with Gasteiger partial charge >= 0.3 is 0 Å². The molecule has 0 aliphatic carbocycles. The van der Waals surface area contributed by atoms with Gasteiger partial charge in [-0.15, -0.1) is 0 Å². The molecule has 2 aromatic rings. The van der Waals surface area contributed by atoms with Crippen molar-refractivity contribution in [2.45, 2.75) is 0 Å². The predicted octanol–water partition coefficient (Wildman–Crippen LogP) is 4.48. The van der Waals surface area contributed by atoms with Gasteiger partial charge in [0, 0.05) is 11.1 Å². The molecule has 2 nitrogen and oxygen atoms in total. The molecule has 0 bridgehead atoms. The lowest BCUT2D eigenvalue weighted by Crippen LogP contribution is -2.04. The zero-order valence-corrected chi connectivity index (χ0v) is 12.3. The van der Waals surface area contributed by atoms with Gasteiger partial charge in [-0.1, -0.05) is 17.7 Å². The Labute approximate surface area is 123 Å². The first-order valence-corrected chi connectivity index (χ1v) is 6.54. The number of ether oxygens (including phenoxy) is 1. The van der Waals surface area contributed by atoms with E-state index in [1.807, 2.05) is 0 Å². The normalized spacial score (nSPS) is 10.3. The van der Waals surface area contributed by atoms with Crippen LogP contribution in [0.3, 0.4) is 0 Å². The number of ketones is 1. The highest BCUT2D eigenvalue weighted by Gasteiger charge is 2.17. The van der Waals surface area contributed by atoms with Crippen LogP contribution in [-0.4, -0.2) is 12.9 Å². The zero-order chi connectivity index (χ0) is 14.0. The number of carbonyl (C=O) groups excluding carboxylic acids is 1. The van der Waals surface area contributed by atoms with Crippen molar-refractivity contribution in [2.75, 3.05) is 7.11 Å². The summed E-state index contributed by atoms with van der Waals surface area (Å²) in [7, 11) is 1.51. The van der Waals surface area contributed by atoms with Crippen molar-refractivity contribution < 1.29 is 13.9 Å². The molecule has 0 saturated heterocycles. The summed E-state index contributed by atoms with van der Waals surface area (Å²) >= 11 is 9.10. The highest BCUT2D eigenvalue weighted by atomic mass is 79.9. The number of hydrogen-bond donors (Lipinski definition) is 0. The summed E-state index contributed by atoms with van der Waals surface area (Å²) in [6.45, 7) is 0. The van der Waals surface area contributed by atoms with Crippen LogP contribution in [0, 0.1) is 5.82 Å². The van der Waals surface area contributed by atoms with Crippen LogP contribution in [0.15, 0.2) is 40.9 Å². The van der Waals surface area contributed by atoms with Crippen LogP contribution in [0.5, 0.6) is 5.75 Å². The smallest absolute Gasteiger partial charge is 0.195 e. The fraction of sp³-hybridized carbons (Fsp3) is 0.0714. The molecule has 0 aromatic heterocycles. The minimum Gasteiger partial charge on any atom is -0.497 e. The monoisotopic (exact) mass is 342 g/mol. The Morgan fingerprint density at radius 1 is 1.26 bits per heavy atom. The number of benzene rings is 2. The van der Waals surface area contributed by atoms with Crippen LogP contribution in [0.25, 0.3) is 0 Å². The standard InChI is InChI=1S/C14H9BrClFO2/c1-19-8-5-6-9(11(16)7-8)14(18)10-3-2-4-12(17)13(10)15/h2-7H,1H3. The summed E-state index contributed by atoms with van der Waals surface area (Å²) in [5.41, 5.74) is 0.529. The van der Waals surface area contributed by atoms with Gasteiger partial charge in [0.25, 0.3) is 0 Å². The van der Waals surface area contributed by atoms with Gasteiger partial charge in [-0.3, -0.25) is 4.79 Å². The second-order valence-electron chi connectivity index (χ2n) is 3.78. The Hall–Kier alpha value is -1.39. The number of halogens is 3. The van der Waals surface area contributed by atoms with Crippen molar-refractivity contribution in [1.82, 2.24) is 0 Å². The molecule has 0 radical (unpaired) electrons. The van der Waals surface area contributed by atoms with Crippen molar-refractivity contribution in [2.24, 2.45) is 0 Å². The third-order valence-corrected chi connectivity index (χ3v) is 3.74. The van der Waals surface area contributed by atoms with Gasteiger partial charge in [-0.05, 0) is 46.3 Å². The van der Waals surface area contributed by atoms with Crippen LogP contribution in [-0.2, 0) is 0 Å². The number of carbonyl (C=O) groups is 1. The molecule has 0 fully saturated rings. The molecule has 0 unspecified atom stereocenters. The molecule has 0 saturated carbocycles. The minimum atomic E-state index is -0.490. The Balaban J connectivity index is 2.47. The van der Waals surface area contributed by atoms with Crippen molar-refractivity contribution in [3.05, 3.63) is 62.8 Å². The fourth-order valence-corrected chi connectivity index (χ4v) is 2.33. The lowest BCUT2D eigenvalue weighted by atomic mass is 10.0. The first-order chi connectivity index (χ1) is 9.04. The van der Waals surface area contributed by atoms with E-state index < -0.39 is 5.82 Å². The van der Waals surface area contributed by atoms with Crippen molar-refractivity contribution in [3.8, 4) is 5.75 Å². The molecule has 2 aromatic carbocycles. The van der Waals surface area contributed by atoms with Crippen LogP contribution in [0.1, 0.15) is 15.9 Å². The second kappa shape index (κ2) is 5.72. The Morgan fingerprint density at radius 3 is 2.63 bits per heavy atom.